The van der Waals surface area contributed by atoms with E-state index in [1.54, 1.807) is 0 Å². The first-order valence-corrected chi connectivity index (χ1v) is 6.00. The summed E-state index contributed by atoms with van der Waals surface area (Å²) in [5, 5.41) is 15.9. The Morgan fingerprint density at radius 1 is 1.24 bits per heavy atom. The number of aliphatic hydroxyl groups is 1. The highest BCUT2D eigenvalue weighted by atomic mass is 16.3. The smallest absolute Gasteiger partial charge is 0.134 e. The van der Waals surface area contributed by atoms with Crippen LogP contribution >= 0.6 is 0 Å². The molecule has 0 saturated heterocycles. The summed E-state index contributed by atoms with van der Waals surface area (Å²) < 4.78 is 0. The van der Waals surface area contributed by atoms with Gasteiger partial charge in [-0.1, -0.05) is 13.8 Å². The standard InChI is InChI=1S/C12H22N4O/c1-5-12(6-2,7-17)16-11-9(3)10(13-4)14-8-15-11/h8,17H,5-7H2,1-4H3,(H2,13,14,15,16). The Bertz CT molecular complexity index is 355. The molecule has 1 aromatic heterocycles. The minimum Gasteiger partial charge on any atom is -0.394 e. The fourth-order valence-electron chi connectivity index (χ4n) is 1.77. The summed E-state index contributed by atoms with van der Waals surface area (Å²) in [6, 6.07) is 0. The minimum absolute atomic E-state index is 0.0956. The van der Waals surface area contributed by atoms with Gasteiger partial charge in [0.25, 0.3) is 0 Å². The van der Waals surface area contributed by atoms with Crippen LogP contribution in [0.4, 0.5) is 11.6 Å². The van der Waals surface area contributed by atoms with E-state index in [9.17, 15) is 5.11 Å². The van der Waals surface area contributed by atoms with E-state index in [-0.39, 0.29) is 12.1 Å². The van der Waals surface area contributed by atoms with Gasteiger partial charge < -0.3 is 15.7 Å². The number of nitrogens with zero attached hydrogens (tertiary/aromatic N) is 2. The van der Waals surface area contributed by atoms with Crippen molar-refractivity contribution >= 4 is 11.6 Å². The lowest BCUT2D eigenvalue weighted by Crippen LogP contribution is -2.41. The van der Waals surface area contributed by atoms with Gasteiger partial charge in [-0.15, -0.1) is 0 Å². The third-order valence-electron chi connectivity index (χ3n) is 3.36. The van der Waals surface area contributed by atoms with Crippen molar-refractivity contribution < 1.29 is 5.11 Å². The molecule has 5 nitrogen and oxygen atoms in total. The lowest BCUT2D eigenvalue weighted by atomic mass is 9.93. The van der Waals surface area contributed by atoms with E-state index in [1.165, 1.54) is 6.33 Å². The Balaban J connectivity index is 3.01. The molecule has 17 heavy (non-hydrogen) atoms. The van der Waals surface area contributed by atoms with Gasteiger partial charge in [-0.2, -0.15) is 0 Å². The second-order valence-corrected chi connectivity index (χ2v) is 4.22. The van der Waals surface area contributed by atoms with Gasteiger partial charge in [0, 0.05) is 12.6 Å². The fourth-order valence-corrected chi connectivity index (χ4v) is 1.77. The summed E-state index contributed by atoms with van der Waals surface area (Å²) in [5.74, 6) is 1.59. The van der Waals surface area contributed by atoms with E-state index < -0.39 is 0 Å². The number of hydrogen-bond acceptors (Lipinski definition) is 5. The van der Waals surface area contributed by atoms with Crippen LogP contribution in [-0.2, 0) is 0 Å². The van der Waals surface area contributed by atoms with E-state index in [0.29, 0.717) is 0 Å². The Hall–Kier alpha value is -1.36. The molecule has 1 aromatic rings. The second kappa shape index (κ2) is 5.82. The Morgan fingerprint density at radius 2 is 1.82 bits per heavy atom. The Morgan fingerprint density at radius 3 is 2.29 bits per heavy atom. The predicted octanol–water partition coefficient (Wildman–Crippen LogP) is 1.79. The lowest BCUT2D eigenvalue weighted by molar-refractivity contribution is 0.202. The molecule has 5 heteroatoms. The number of hydrogen-bond donors (Lipinski definition) is 3. The molecule has 0 saturated carbocycles. The van der Waals surface area contributed by atoms with Crippen LogP contribution < -0.4 is 10.6 Å². The van der Waals surface area contributed by atoms with Crippen molar-refractivity contribution in [2.24, 2.45) is 0 Å². The highest BCUT2D eigenvalue weighted by molar-refractivity contribution is 5.57. The molecule has 1 rings (SSSR count). The first kappa shape index (κ1) is 13.7. The quantitative estimate of drug-likeness (QED) is 0.705. The zero-order chi connectivity index (χ0) is 12.9. The molecule has 0 radical (unpaired) electrons. The molecule has 0 aliphatic rings. The maximum Gasteiger partial charge on any atom is 0.134 e. The molecule has 0 unspecified atom stereocenters. The van der Waals surface area contributed by atoms with E-state index in [1.807, 2.05) is 14.0 Å². The summed E-state index contributed by atoms with van der Waals surface area (Å²) in [6.45, 7) is 6.17. The molecule has 0 atom stereocenters. The van der Waals surface area contributed by atoms with Gasteiger partial charge in [0.05, 0.1) is 12.1 Å². The molecule has 0 aromatic carbocycles. The third-order valence-corrected chi connectivity index (χ3v) is 3.36. The number of rotatable bonds is 6. The van der Waals surface area contributed by atoms with Gasteiger partial charge in [0.15, 0.2) is 0 Å². The highest BCUT2D eigenvalue weighted by Crippen LogP contribution is 2.25. The fraction of sp³-hybridized carbons (Fsp3) is 0.667. The Labute approximate surface area is 103 Å². The third kappa shape index (κ3) is 2.85. The van der Waals surface area contributed by atoms with Crippen molar-refractivity contribution in [2.75, 3.05) is 24.3 Å². The van der Waals surface area contributed by atoms with E-state index in [4.69, 9.17) is 0 Å². The van der Waals surface area contributed by atoms with Crippen LogP contribution in [0.25, 0.3) is 0 Å². The largest absolute Gasteiger partial charge is 0.394 e. The average Bonchev–Trinajstić information content (AvgIpc) is 2.38. The summed E-state index contributed by atoms with van der Waals surface area (Å²) in [6.07, 6.45) is 3.21. The van der Waals surface area contributed by atoms with Gasteiger partial charge in [0.1, 0.15) is 18.0 Å². The molecule has 0 amide bonds. The van der Waals surface area contributed by atoms with Crippen LogP contribution in [0.2, 0.25) is 0 Å². The molecule has 96 valence electrons. The predicted molar refractivity (Wildman–Crippen MR) is 70.3 cm³/mol. The van der Waals surface area contributed by atoms with Crippen molar-refractivity contribution in [2.45, 2.75) is 39.2 Å². The molecule has 0 aliphatic heterocycles. The van der Waals surface area contributed by atoms with Crippen LogP contribution in [0.5, 0.6) is 0 Å². The second-order valence-electron chi connectivity index (χ2n) is 4.22. The molecule has 0 fully saturated rings. The van der Waals surface area contributed by atoms with Crippen molar-refractivity contribution in [1.82, 2.24) is 9.97 Å². The number of aliphatic hydroxyl groups excluding tert-OH is 1. The van der Waals surface area contributed by atoms with Gasteiger partial charge in [0.2, 0.25) is 0 Å². The summed E-state index contributed by atoms with van der Waals surface area (Å²) in [4.78, 5) is 8.38. The summed E-state index contributed by atoms with van der Waals surface area (Å²) in [7, 11) is 1.83. The summed E-state index contributed by atoms with van der Waals surface area (Å²) >= 11 is 0. The van der Waals surface area contributed by atoms with E-state index in [2.05, 4.69) is 34.4 Å². The van der Waals surface area contributed by atoms with Crippen LogP contribution in [0, 0.1) is 6.92 Å². The first-order valence-electron chi connectivity index (χ1n) is 6.00. The van der Waals surface area contributed by atoms with Gasteiger partial charge >= 0.3 is 0 Å². The highest BCUT2D eigenvalue weighted by Gasteiger charge is 2.26. The topological polar surface area (TPSA) is 70.1 Å². The molecule has 0 aliphatic carbocycles. The SMILES string of the molecule is CCC(CC)(CO)Nc1ncnc(NC)c1C. The molecule has 0 bridgehead atoms. The Kier molecular flexibility index (Phi) is 4.69. The normalized spacial score (nSPS) is 11.4. The monoisotopic (exact) mass is 238 g/mol. The zero-order valence-corrected chi connectivity index (χ0v) is 11.0. The lowest BCUT2D eigenvalue weighted by Gasteiger charge is -2.32. The van der Waals surface area contributed by atoms with Crippen LogP contribution in [0.3, 0.4) is 0 Å². The van der Waals surface area contributed by atoms with Crippen LogP contribution in [0.1, 0.15) is 32.3 Å². The van der Waals surface area contributed by atoms with Crippen molar-refractivity contribution in [3.8, 4) is 0 Å². The molecular weight excluding hydrogens is 216 g/mol. The van der Waals surface area contributed by atoms with Crippen molar-refractivity contribution in [1.29, 1.82) is 0 Å². The summed E-state index contributed by atoms with van der Waals surface area (Å²) in [5.41, 5.74) is 0.666. The van der Waals surface area contributed by atoms with Gasteiger partial charge in [-0.05, 0) is 19.8 Å². The number of anilines is 2. The van der Waals surface area contributed by atoms with Gasteiger partial charge in [-0.25, -0.2) is 9.97 Å². The van der Waals surface area contributed by atoms with Crippen LogP contribution in [-0.4, -0.2) is 34.3 Å². The maximum absolute atomic E-state index is 9.53. The minimum atomic E-state index is -0.301. The first-order chi connectivity index (χ1) is 8.12. The van der Waals surface area contributed by atoms with E-state index in [0.717, 1.165) is 30.0 Å². The maximum atomic E-state index is 9.53. The van der Waals surface area contributed by atoms with Crippen LogP contribution in [0.15, 0.2) is 6.33 Å². The number of aromatic nitrogens is 2. The zero-order valence-electron chi connectivity index (χ0n) is 11.0. The van der Waals surface area contributed by atoms with E-state index >= 15 is 0 Å². The van der Waals surface area contributed by atoms with Gasteiger partial charge in [-0.3, -0.25) is 0 Å². The molecule has 3 N–H and O–H groups in total. The average molecular weight is 238 g/mol. The van der Waals surface area contributed by atoms with Crippen molar-refractivity contribution in [3.05, 3.63) is 11.9 Å². The number of nitrogens with one attached hydrogen (secondary N) is 2. The van der Waals surface area contributed by atoms with Crippen molar-refractivity contribution in [3.63, 3.8) is 0 Å². The molecule has 0 spiro atoms. The molecular formula is C12H22N4O. The molecule has 1 heterocycles.